The van der Waals surface area contributed by atoms with E-state index in [-0.39, 0.29) is 0 Å². The predicted molar refractivity (Wildman–Crippen MR) is 73.1 cm³/mol. The maximum atomic E-state index is 10.9. The molecule has 1 aliphatic rings. The fraction of sp³-hybridized carbons (Fsp3) is 0.200. The highest BCUT2D eigenvalue weighted by Gasteiger charge is 2.29. The van der Waals surface area contributed by atoms with Crippen molar-refractivity contribution < 1.29 is 24.1 Å². The summed E-state index contributed by atoms with van der Waals surface area (Å²) in [5.74, 6) is 0.918. The monoisotopic (exact) mass is 287 g/mol. The second-order valence-corrected chi connectivity index (χ2v) is 4.53. The minimum Gasteiger partial charge on any atom is -0.491 e. The molecule has 108 valence electrons. The number of aliphatic carboxylic acids is 1. The second kappa shape index (κ2) is 5.32. The van der Waals surface area contributed by atoms with Gasteiger partial charge in [0.15, 0.2) is 11.9 Å². The summed E-state index contributed by atoms with van der Waals surface area (Å²) in [5.41, 5.74) is 0.850. The van der Waals surface area contributed by atoms with Crippen LogP contribution in [0.5, 0.6) is 23.1 Å². The molecule has 21 heavy (non-hydrogen) atoms. The summed E-state index contributed by atoms with van der Waals surface area (Å²) in [4.78, 5) is 15.0. The van der Waals surface area contributed by atoms with Gasteiger partial charge >= 0.3 is 5.97 Å². The quantitative estimate of drug-likeness (QED) is 0.929. The molecule has 1 unspecified atom stereocenters. The summed E-state index contributed by atoms with van der Waals surface area (Å²) in [7, 11) is 1.53. The number of hydrogen-bond donors (Lipinski definition) is 1. The average molecular weight is 287 g/mol. The van der Waals surface area contributed by atoms with Crippen LogP contribution in [0.3, 0.4) is 0 Å². The molecule has 0 saturated heterocycles. The lowest BCUT2D eigenvalue weighted by Crippen LogP contribution is -2.24. The predicted octanol–water partition coefficient (Wildman–Crippen LogP) is 2.27. The van der Waals surface area contributed by atoms with E-state index in [2.05, 4.69) is 4.98 Å². The van der Waals surface area contributed by atoms with Gasteiger partial charge in [0.1, 0.15) is 11.5 Å². The van der Waals surface area contributed by atoms with Crippen LogP contribution in [0.25, 0.3) is 0 Å². The summed E-state index contributed by atoms with van der Waals surface area (Å²) < 4.78 is 16.2. The van der Waals surface area contributed by atoms with Gasteiger partial charge in [-0.2, -0.15) is 0 Å². The Kier molecular flexibility index (Phi) is 3.35. The molecule has 0 fully saturated rings. The van der Waals surface area contributed by atoms with Crippen molar-refractivity contribution in [2.24, 2.45) is 0 Å². The van der Waals surface area contributed by atoms with Crippen molar-refractivity contribution in [1.29, 1.82) is 0 Å². The maximum Gasteiger partial charge on any atom is 0.345 e. The highest BCUT2D eigenvalue weighted by Crippen LogP contribution is 2.35. The summed E-state index contributed by atoms with van der Waals surface area (Å²) in [6, 6.07) is 8.69. The molecule has 1 aliphatic heterocycles. The number of benzene rings is 1. The van der Waals surface area contributed by atoms with E-state index in [1.165, 1.54) is 7.11 Å². The van der Waals surface area contributed by atoms with Gasteiger partial charge in [-0.3, -0.25) is 0 Å². The third kappa shape index (κ3) is 2.60. The molecular formula is C15H13NO5. The van der Waals surface area contributed by atoms with E-state index >= 15 is 0 Å². The summed E-state index contributed by atoms with van der Waals surface area (Å²) in [6.07, 6.45) is 1.12. The molecule has 6 nitrogen and oxygen atoms in total. The van der Waals surface area contributed by atoms with Crippen molar-refractivity contribution in [1.82, 2.24) is 4.98 Å². The molecule has 0 amide bonds. The van der Waals surface area contributed by atoms with Crippen LogP contribution in [-0.4, -0.2) is 29.3 Å². The Morgan fingerprint density at radius 3 is 3.05 bits per heavy atom. The van der Waals surface area contributed by atoms with E-state index in [4.69, 9.17) is 19.3 Å². The van der Waals surface area contributed by atoms with Crippen molar-refractivity contribution in [2.45, 2.75) is 12.5 Å². The molecule has 2 aromatic rings. The van der Waals surface area contributed by atoms with Gasteiger partial charge in [-0.05, 0) is 23.8 Å². The number of aromatic nitrogens is 1. The Hall–Kier alpha value is -2.76. The number of carboxylic acid groups (broad SMARTS) is 1. The average Bonchev–Trinajstić information content (AvgIpc) is 2.91. The smallest absolute Gasteiger partial charge is 0.345 e. The summed E-state index contributed by atoms with van der Waals surface area (Å²) in [5, 5.41) is 8.98. The van der Waals surface area contributed by atoms with Crippen LogP contribution < -0.4 is 14.2 Å². The zero-order valence-corrected chi connectivity index (χ0v) is 11.3. The molecule has 1 atom stereocenters. The topological polar surface area (TPSA) is 77.9 Å². The van der Waals surface area contributed by atoms with Gasteiger partial charge in [0.05, 0.1) is 7.11 Å². The largest absolute Gasteiger partial charge is 0.491 e. The Bertz CT molecular complexity index is 686. The fourth-order valence-corrected chi connectivity index (χ4v) is 2.13. The van der Waals surface area contributed by atoms with E-state index in [0.29, 0.717) is 29.5 Å². The zero-order chi connectivity index (χ0) is 14.8. The van der Waals surface area contributed by atoms with E-state index in [1.807, 2.05) is 0 Å². The highest BCUT2D eigenvalue weighted by molar-refractivity contribution is 5.74. The molecule has 0 radical (unpaired) electrons. The minimum atomic E-state index is -0.972. The molecule has 1 aromatic heterocycles. The van der Waals surface area contributed by atoms with Gasteiger partial charge in [0.2, 0.25) is 0 Å². The first-order chi connectivity index (χ1) is 10.2. The Labute approximate surface area is 120 Å². The van der Waals surface area contributed by atoms with E-state index in [1.54, 1.807) is 36.5 Å². The summed E-state index contributed by atoms with van der Waals surface area (Å²) >= 11 is 0. The molecule has 1 N–H and O–H groups in total. The van der Waals surface area contributed by atoms with E-state index in [0.717, 1.165) is 5.56 Å². The minimum absolute atomic E-state index is 0.340. The van der Waals surface area contributed by atoms with Crippen LogP contribution in [0.1, 0.15) is 5.56 Å². The fourth-order valence-electron chi connectivity index (χ4n) is 2.13. The number of carbonyl (C=O) groups is 1. The number of hydrogen-bond acceptors (Lipinski definition) is 5. The maximum absolute atomic E-state index is 10.9. The van der Waals surface area contributed by atoms with Gasteiger partial charge in [-0.25, -0.2) is 9.78 Å². The number of rotatable bonds is 4. The first kappa shape index (κ1) is 13.2. The lowest BCUT2D eigenvalue weighted by Gasteiger charge is -2.09. The molecule has 0 bridgehead atoms. The van der Waals surface area contributed by atoms with Crippen LogP contribution in [-0.2, 0) is 11.2 Å². The Morgan fingerprint density at radius 1 is 1.43 bits per heavy atom. The first-order valence-corrected chi connectivity index (χ1v) is 6.36. The molecular weight excluding hydrogens is 274 g/mol. The van der Waals surface area contributed by atoms with Gasteiger partial charge in [-0.15, -0.1) is 0 Å². The highest BCUT2D eigenvalue weighted by atomic mass is 16.5. The van der Waals surface area contributed by atoms with Gasteiger partial charge in [0.25, 0.3) is 5.88 Å². The van der Waals surface area contributed by atoms with Crippen molar-refractivity contribution in [3.8, 4) is 23.1 Å². The lowest BCUT2D eigenvalue weighted by molar-refractivity contribution is -0.144. The molecule has 0 aliphatic carbocycles. The summed E-state index contributed by atoms with van der Waals surface area (Å²) in [6.45, 7) is 0. The number of nitrogens with zero attached hydrogens (tertiary/aromatic N) is 1. The van der Waals surface area contributed by atoms with Crippen LogP contribution in [0.15, 0.2) is 36.5 Å². The molecule has 2 heterocycles. The van der Waals surface area contributed by atoms with E-state index in [9.17, 15) is 4.79 Å². The van der Waals surface area contributed by atoms with Gasteiger partial charge in [0, 0.05) is 18.7 Å². The van der Waals surface area contributed by atoms with Crippen LogP contribution in [0, 0.1) is 0 Å². The Balaban J connectivity index is 1.83. The number of ether oxygens (including phenoxy) is 3. The molecule has 1 aromatic carbocycles. The van der Waals surface area contributed by atoms with Crippen LogP contribution >= 0.6 is 0 Å². The van der Waals surface area contributed by atoms with Crippen molar-refractivity contribution >= 4 is 5.97 Å². The molecule has 6 heteroatoms. The van der Waals surface area contributed by atoms with Crippen molar-refractivity contribution in [2.75, 3.05) is 7.11 Å². The second-order valence-electron chi connectivity index (χ2n) is 4.53. The number of pyridine rings is 1. The Morgan fingerprint density at radius 2 is 2.29 bits per heavy atom. The zero-order valence-electron chi connectivity index (χ0n) is 11.3. The van der Waals surface area contributed by atoms with Crippen LogP contribution in [0.2, 0.25) is 0 Å². The first-order valence-electron chi connectivity index (χ1n) is 6.36. The normalized spacial score (nSPS) is 16.0. The third-order valence-electron chi connectivity index (χ3n) is 3.16. The van der Waals surface area contributed by atoms with Crippen molar-refractivity contribution in [3.05, 3.63) is 42.1 Å². The number of fused-ring (bicyclic) bond motifs is 1. The van der Waals surface area contributed by atoms with Crippen molar-refractivity contribution in [3.63, 3.8) is 0 Å². The molecule has 0 spiro atoms. The molecule has 0 saturated carbocycles. The SMILES string of the molecule is COc1cccnc1Oc1ccc2c(c1)OC(C(=O)O)C2. The van der Waals surface area contributed by atoms with Gasteiger partial charge < -0.3 is 19.3 Å². The third-order valence-corrected chi connectivity index (χ3v) is 3.16. The standard InChI is InChI=1S/C15H13NO5/c1-19-11-3-2-6-16-14(11)20-10-5-4-9-7-13(15(17)18)21-12(9)8-10/h2-6,8,13H,7H2,1H3,(H,17,18). The number of methoxy groups -OCH3 is 1. The van der Waals surface area contributed by atoms with E-state index < -0.39 is 12.1 Å². The van der Waals surface area contributed by atoms with Gasteiger partial charge in [-0.1, -0.05) is 6.07 Å². The lowest BCUT2D eigenvalue weighted by atomic mass is 10.1. The molecule has 3 rings (SSSR count). The van der Waals surface area contributed by atoms with Crippen LogP contribution in [0.4, 0.5) is 0 Å². The number of carboxylic acids is 1.